The molecule has 0 radical (unpaired) electrons. The number of aliphatic hydroxyl groups is 20. The van der Waals surface area contributed by atoms with Crippen molar-refractivity contribution >= 4 is 17.9 Å². The van der Waals surface area contributed by atoms with Crippen molar-refractivity contribution in [3.05, 3.63) is 36.5 Å². The van der Waals surface area contributed by atoms with E-state index >= 15 is 0 Å². The maximum Gasteiger partial charge on any atom is 0.330 e. The first kappa shape index (κ1) is 78.1. The van der Waals surface area contributed by atoms with Crippen LogP contribution in [-0.2, 0) is 66.5 Å². The van der Waals surface area contributed by atoms with Crippen molar-refractivity contribution in [1.29, 1.82) is 0 Å². The molecule has 0 aromatic rings. The van der Waals surface area contributed by atoms with Gasteiger partial charge < -0.3 is 149 Å². The van der Waals surface area contributed by atoms with Gasteiger partial charge in [-0.1, -0.05) is 18.2 Å². The maximum atomic E-state index is 13.0. The van der Waals surface area contributed by atoms with Crippen molar-refractivity contribution in [2.24, 2.45) is 29.6 Å². The number of aliphatic hydroxyl groups excluding tert-OH is 18. The SMILES string of the molecule is O=C(C=CC1CCC(O)CC1)OC[C@H]1O[C@@H](OC2CC(O)C3CC(O[C@@H]4O[C@H](CO)[C@@H](O)[C@H](O)[C@H]4O)C(C4CC(O[C@@H]5O[C@H](COC(=O)C=CC6CCC(O)CC6)[C@@H](O)[C@H](O)[C@H]5O)C(O)C(O[C@@H]5O[C@H](COC(=O)C=CC6CCC(O)CC6)[C@@H](O)[C@H](O)[C@H]5O)C4)[OH+]C3C2)[C@H](O)[C@@H](O)[C@@H]1O. The number of ether oxygens (including phenoxy) is 12. The van der Waals surface area contributed by atoms with Gasteiger partial charge in [0.2, 0.25) is 0 Å². The molecule has 99 heavy (non-hydrogen) atoms. The highest BCUT2D eigenvalue weighted by Gasteiger charge is 2.59. The van der Waals surface area contributed by atoms with Crippen molar-refractivity contribution < 1.29 is 163 Å². The van der Waals surface area contributed by atoms with Crippen molar-refractivity contribution in [3.63, 3.8) is 0 Å². The van der Waals surface area contributed by atoms with Gasteiger partial charge in [0.25, 0.3) is 0 Å². The summed E-state index contributed by atoms with van der Waals surface area (Å²) in [6.07, 6.45) is -34.0. The zero-order valence-electron chi connectivity index (χ0n) is 54.8. The Morgan fingerprint density at radius 1 is 0.364 bits per heavy atom. The lowest BCUT2D eigenvalue weighted by Gasteiger charge is -2.51. The number of rotatable bonds is 22. The van der Waals surface area contributed by atoms with Crippen molar-refractivity contribution in [3.8, 4) is 0 Å². The lowest BCUT2D eigenvalue weighted by Crippen LogP contribution is -2.65. The number of carbonyl (C=O) groups is 3. The van der Waals surface area contributed by atoms with E-state index < -0.39 is 246 Å². The third-order valence-corrected chi connectivity index (χ3v) is 21.6. The summed E-state index contributed by atoms with van der Waals surface area (Å²) in [5.41, 5.74) is 0. The van der Waals surface area contributed by atoms with Crippen LogP contribution in [-0.4, -0.2) is 331 Å². The molecule has 10 rings (SSSR count). The molecule has 0 amide bonds. The normalized spacial score (nSPS) is 47.9. The van der Waals surface area contributed by atoms with E-state index in [0.717, 1.165) is 0 Å². The predicted octanol–water partition coefficient (Wildman–Crippen LogP) is -6.09. The summed E-state index contributed by atoms with van der Waals surface area (Å²) in [7, 11) is 0. The molecule has 5 aliphatic carbocycles. The minimum absolute atomic E-state index is 0.0159. The highest BCUT2D eigenvalue weighted by molar-refractivity contribution is 5.82. The van der Waals surface area contributed by atoms with Gasteiger partial charge in [0, 0.05) is 37.0 Å². The number of allylic oxidation sites excluding steroid dienone is 3. The van der Waals surface area contributed by atoms with Crippen LogP contribution in [0.5, 0.6) is 0 Å². The molecule has 0 spiro atoms. The molecule has 564 valence electrons. The molecule has 33 heteroatoms. The molecular formula is C66H103O33+. The summed E-state index contributed by atoms with van der Waals surface area (Å²) in [6.45, 7) is -2.80. The molecule has 10 fully saturated rings. The predicted molar refractivity (Wildman–Crippen MR) is 329 cm³/mol. The van der Waals surface area contributed by atoms with Crippen LogP contribution in [0.15, 0.2) is 36.5 Å². The standard InChI is InChI=1S/C66H102O33/c67-24-42-50(76)54(80)59(85)66(96-42)95-41-23-36-37(71)21-35(91-63-58(84)55(81)51(77)43(97-63)25-88-46(72)16-7-28-1-10-32(68)11-2-28)22-38(36)92-62(41)31-19-39(93-64-60(86)56(82)52(78)44(98-64)26-89-47(73)17-8-29-3-12-33(69)13-4-29)49(75)40(20-31)94-65-61(87)57(83)53(79)45(99-65)27-90-48(74)18-9-30-5-14-34(70)15-6-30/h7-9,16-18,28-45,49-71,75-87H,1-6,10-15,19-27H2/p+1/t28?,29?,30?,31?,32?,33?,34?,35?,36?,37?,38?,39?,40?,41?,42-,43-,44-,45-,49?,50-,51-,52-,53-,54+,55+,56+,57+,58-,59-,60-,61-,62?,63-,64-,65-,66-/m1/s1. The molecule has 5 saturated carbocycles. The summed E-state index contributed by atoms with van der Waals surface area (Å²) >= 11 is 0. The second-order valence-corrected chi connectivity index (χ2v) is 28.6. The molecule has 8 unspecified atom stereocenters. The average Bonchev–Trinajstić information content (AvgIpc) is 0.762. The Kier molecular flexibility index (Phi) is 28.1. The first-order chi connectivity index (χ1) is 47.2. The van der Waals surface area contributed by atoms with E-state index in [1.807, 2.05) is 0 Å². The summed E-state index contributed by atoms with van der Waals surface area (Å²) < 4.78 is 70.7. The molecule has 5 saturated heterocycles. The van der Waals surface area contributed by atoms with E-state index in [4.69, 9.17) is 56.8 Å². The van der Waals surface area contributed by atoms with Gasteiger partial charge in [-0.05, 0) is 114 Å². The zero-order chi connectivity index (χ0) is 71.1. The van der Waals surface area contributed by atoms with E-state index in [1.54, 1.807) is 18.2 Å². The Hall–Kier alpha value is -3.45. The highest BCUT2D eigenvalue weighted by Crippen LogP contribution is 2.46. The second kappa shape index (κ2) is 35.6. The van der Waals surface area contributed by atoms with E-state index in [2.05, 4.69) is 0 Å². The monoisotopic (exact) mass is 1420 g/mol. The van der Waals surface area contributed by atoms with Crippen LogP contribution < -0.4 is 0 Å². The molecule has 19 N–H and O–H groups in total. The fourth-order valence-corrected chi connectivity index (χ4v) is 15.4. The van der Waals surface area contributed by atoms with Gasteiger partial charge in [0.1, 0.15) is 130 Å². The minimum atomic E-state index is -2.07. The summed E-state index contributed by atoms with van der Waals surface area (Å²) in [5, 5.41) is 199. The van der Waals surface area contributed by atoms with Crippen molar-refractivity contribution in [2.75, 3.05) is 26.4 Å². The minimum Gasteiger partial charge on any atom is -0.460 e. The first-order valence-electron chi connectivity index (χ1n) is 34.9. The Morgan fingerprint density at radius 3 is 1.06 bits per heavy atom. The molecule has 0 aromatic carbocycles. The van der Waals surface area contributed by atoms with Crippen LogP contribution in [0.2, 0.25) is 0 Å². The van der Waals surface area contributed by atoms with Crippen LogP contribution in [0.3, 0.4) is 0 Å². The van der Waals surface area contributed by atoms with Gasteiger partial charge >= 0.3 is 17.9 Å². The van der Waals surface area contributed by atoms with Gasteiger partial charge in [-0.15, -0.1) is 0 Å². The molecule has 0 aromatic heterocycles. The lowest BCUT2D eigenvalue weighted by molar-refractivity contribution is -0.369. The van der Waals surface area contributed by atoms with Crippen molar-refractivity contribution in [1.82, 2.24) is 0 Å². The van der Waals surface area contributed by atoms with E-state index in [1.165, 1.54) is 18.2 Å². The highest BCUT2D eigenvalue weighted by atomic mass is 16.7. The number of hydrogen-bond acceptors (Lipinski definition) is 32. The summed E-state index contributed by atoms with van der Waals surface area (Å²) in [6, 6.07) is 0. The molecule has 10 aliphatic rings. The third kappa shape index (κ3) is 19.7. The smallest absolute Gasteiger partial charge is 0.330 e. The Morgan fingerprint density at radius 2 is 0.697 bits per heavy atom. The second-order valence-electron chi connectivity index (χ2n) is 28.6. The van der Waals surface area contributed by atoms with Gasteiger partial charge in [-0.3, -0.25) is 0 Å². The number of fused-ring (bicyclic) bond motifs is 1. The topological polar surface area (TPSA) is 530 Å². The van der Waals surface area contributed by atoms with Crippen LogP contribution in [0.4, 0.5) is 0 Å². The van der Waals surface area contributed by atoms with Gasteiger partial charge in [0.05, 0.1) is 55.3 Å². The molecular weight excluding hydrogens is 1320 g/mol. The Labute approximate surface area is 570 Å². The molecule has 0 bridgehead atoms. The van der Waals surface area contributed by atoms with E-state index in [9.17, 15) is 106 Å². The largest absolute Gasteiger partial charge is 0.460 e. The lowest BCUT2D eigenvalue weighted by atomic mass is 9.72. The summed E-state index contributed by atoms with van der Waals surface area (Å²) in [4.78, 5) is 38.8. The fourth-order valence-electron chi connectivity index (χ4n) is 15.4. The van der Waals surface area contributed by atoms with Gasteiger partial charge in [-0.2, -0.15) is 0 Å². The number of hydrogen-bond donors (Lipinski definition) is 18. The van der Waals surface area contributed by atoms with Crippen LogP contribution in [0, 0.1) is 29.6 Å². The van der Waals surface area contributed by atoms with Gasteiger partial charge in [0.15, 0.2) is 37.4 Å². The maximum absolute atomic E-state index is 13.0. The van der Waals surface area contributed by atoms with E-state index in [-0.39, 0.29) is 49.9 Å². The van der Waals surface area contributed by atoms with Crippen LogP contribution in [0.25, 0.3) is 0 Å². The average molecular weight is 1420 g/mol. The quantitative estimate of drug-likeness (QED) is 0.0208. The van der Waals surface area contributed by atoms with E-state index in [0.29, 0.717) is 77.0 Å². The van der Waals surface area contributed by atoms with Crippen LogP contribution >= 0.6 is 0 Å². The molecule has 5 heterocycles. The molecule has 28 atom stereocenters. The number of esters is 3. The number of carbonyl (C=O) groups excluding carboxylic acids is 3. The third-order valence-electron chi connectivity index (χ3n) is 21.6. The first-order valence-corrected chi connectivity index (χ1v) is 34.9. The van der Waals surface area contributed by atoms with Crippen LogP contribution in [0.1, 0.15) is 109 Å². The van der Waals surface area contributed by atoms with Crippen molar-refractivity contribution in [2.45, 2.75) is 299 Å². The Balaban J connectivity index is 0.898. The summed E-state index contributed by atoms with van der Waals surface area (Å²) in [5.74, 6) is -4.33. The van der Waals surface area contributed by atoms with Gasteiger partial charge in [-0.25, -0.2) is 14.4 Å². The fraction of sp³-hybridized carbons (Fsp3) is 0.864. The molecule has 5 aliphatic heterocycles. The Bertz CT molecular complexity index is 2540. The molecule has 33 nitrogen and oxygen atoms in total. The zero-order valence-corrected chi connectivity index (χ0v) is 54.8.